The number of halogens is 3. The number of aliphatic carboxylic acids is 1. The molecule has 2 N–H and O–H groups in total. The van der Waals surface area contributed by atoms with Crippen LogP contribution in [0.1, 0.15) is 11.1 Å². The predicted molar refractivity (Wildman–Crippen MR) is 116 cm³/mol. The summed E-state index contributed by atoms with van der Waals surface area (Å²) in [4.78, 5) is 35.5. The zero-order chi connectivity index (χ0) is 21.1. The van der Waals surface area contributed by atoms with Crippen molar-refractivity contribution in [2.45, 2.75) is 6.61 Å². The van der Waals surface area contributed by atoms with E-state index < -0.39 is 24.5 Å². The maximum absolute atomic E-state index is 12.2. The Bertz CT molecular complexity index is 998. The molecule has 7 nitrogen and oxygen atoms in total. The molecule has 1 saturated heterocycles. The van der Waals surface area contributed by atoms with Crippen molar-refractivity contribution < 1.29 is 24.2 Å². The maximum atomic E-state index is 12.2. The summed E-state index contributed by atoms with van der Waals surface area (Å²) in [6.45, 7) is -0.332. The summed E-state index contributed by atoms with van der Waals surface area (Å²) in [6.07, 6.45) is 1.47. The van der Waals surface area contributed by atoms with Crippen molar-refractivity contribution in [2.24, 2.45) is 0 Å². The molecule has 29 heavy (non-hydrogen) atoms. The summed E-state index contributed by atoms with van der Waals surface area (Å²) in [5, 5.41) is 11.2. The van der Waals surface area contributed by atoms with Crippen LogP contribution in [0.5, 0.6) is 5.75 Å². The van der Waals surface area contributed by atoms with Gasteiger partial charge in [-0.1, -0.05) is 28.1 Å². The molecular formula is C19H13Br3N2O5. The number of ether oxygens (including phenoxy) is 1. The molecule has 2 aromatic carbocycles. The average molecular weight is 589 g/mol. The Kier molecular flexibility index (Phi) is 6.76. The third-order valence-electron chi connectivity index (χ3n) is 3.88. The van der Waals surface area contributed by atoms with Gasteiger partial charge in [-0.2, -0.15) is 0 Å². The van der Waals surface area contributed by atoms with Gasteiger partial charge >= 0.3 is 12.0 Å². The molecule has 1 heterocycles. The summed E-state index contributed by atoms with van der Waals surface area (Å²) in [7, 11) is 0. The topological polar surface area (TPSA) is 95.9 Å². The van der Waals surface area contributed by atoms with Crippen molar-refractivity contribution in [3.63, 3.8) is 0 Å². The zero-order valence-corrected chi connectivity index (χ0v) is 19.4. The Hall–Kier alpha value is -2.17. The molecule has 0 atom stereocenters. The van der Waals surface area contributed by atoms with Crippen LogP contribution in [0.4, 0.5) is 4.79 Å². The van der Waals surface area contributed by atoms with Gasteiger partial charge in [0.15, 0.2) is 0 Å². The normalized spacial score (nSPS) is 15.0. The quantitative estimate of drug-likeness (QED) is 0.382. The van der Waals surface area contributed by atoms with Gasteiger partial charge < -0.3 is 15.2 Å². The minimum absolute atomic E-state index is 0.00131. The summed E-state index contributed by atoms with van der Waals surface area (Å²) in [5.41, 5.74) is 1.61. The molecule has 3 rings (SSSR count). The predicted octanol–water partition coefficient (Wildman–Crippen LogP) is 4.53. The molecule has 2 aromatic rings. The van der Waals surface area contributed by atoms with E-state index in [1.54, 1.807) is 12.1 Å². The average Bonchev–Trinajstić information content (AvgIpc) is 2.89. The number of urea groups is 1. The van der Waals surface area contributed by atoms with Gasteiger partial charge in [0.2, 0.25) is 0 Å². The smallest absolute Gasteiger partial charge is 0.329 e. The number of benzene rings is 2. The third kappa shape index (κ3) is 5.26. The summed E-state index contributed by atoms with van der Waals surface area (Å²) >= 11 is 10.3. The van der Waals surface area contributed by atoms with Crippen molar-refractivity contribution >= 4 is 71.8 Å². The molecule has 3 amide bonds. The van der Waals surface area contributed by atoms with Crippen LogP contribution in [0.15, 0.2) is 55.5 Å². The van der Waals surface area contributed by atoms with Gasteiger partial charge in [0.05, 0.1) is 8.95 Å². The zero-order valence-electron chi connectivity index (χ0n) is 14.6. The summed E-state index contributed by atoms with van der Waals surface area (Å²) in [6, 6.07) is 10.4. The van der Waals surface area contributed by atoms with Crippen LogP contribution >= 0.6 is 47.8 Å². The van der Waals surface area contributed by atoms with Crippen molar-refractivity contribution in [3.05, 3.63) is 66.6 Å². The van der Waals surface area contributed by atoms with Crippen LogP contribution in [0, 0.1) is 0 Å². The summed E-state index contributed by atoms with van der Waals surface area (Å²) in [5.74, 6) is -1.38. The Morgan fingerprint density at radius 3 is 2.31 bits per heavy atom. The highest BCUT2D eigenvalue weighted by atomic mass is 79.9. The fourth-order valence-corrected chi connectivity index (χ4v) is 4.27. The van der Waals surface area contributed by atoms with E-state index in [0.29, 0.717) is 31.8 Å². The van der Waals surface area contributed by atoms with Crippen molar-refractivity contribution in [3.8, 4) is 5.75 Å². The lowest BCUT2D eigenvalue weighted by molar-refractivity contribution is -0.140. The number of carbonyl (C=O) groups is 3. The van der Waals surface area contributed by atoms with Gasteiger partial charge in [-0.25, -0.2) is 9.69 Å². The molecule has 0 saturated carbocycles. The standard InChI is InChI=1S/C19H13Br3N2O5/c20-12-3-1-10(2-4-12)9-29-17-13(21)5-11(6-14(17)22)7-15-18(27)24(8-16(25)26)19(28)23-15/h1-7H,8-9H2,(H,23,28)(H,25,26)/b15-7+. The first-order valence-electron chi connectivity index (χ1n) is 8.17. The highest BCUT2D eigenvalue weighted by molar-refractivity contribution is 9.11. The third-order valence-corrected chi connectivity index (χ3v) is 5.59. The van der Waals surface area contributed by atoms with E-state index in [2.05, 4.69) is 53.1 Å². The number of rotatable bonds is 6. The van der Waals surface area contributed by atoms with Crippen LogP contribution in [0.2, 0.25) is 0 Å². The molecular weight excluding hydrogens is 576 g/mol. The second-order valence-electron chi connectivity index (χ2n) is 6.00. The van der Waals surface area contributed by atoms with E-state index in [1.807, 2.05) is 24.3 Å². The number of carbonyl (C=O) groups excluding carboxylic acids is 2. The van der Waals surface area contributed by atoms with Crippen LogP contribution in [-0.2, 0) is 16.2 Å². The van der Waals surface area contributed by atoms with E-state index in [1.165, 1.54) is 6.08 Å². The number of carboxylic acids is 1. The summed E-state index contributed by atoms with van der Waals surface area (Å²) < 4.78 is 8.16. The largest absolute Gasteiger partial charge is 0.487 e. The molecule has 1 aliphatic heterocycles. The molecule has 150 valence electrons. The van der Waals surface area contributed by atoms with E-state index in [-0.39, 0.29) is 5.70 Å². The molecule has 1 aliphatic rings. The van der Waals surface area contributed by atoms with Gasteiger partial charge in [-0.15, -0.1) is 0 Å². The maximum Gasteiger partial charge on any atom is 0.329 e. The Labute approximate surface area is 191 Å². The number of carboxylic acid groups (broad SMARTS) is 1. The Morgan fingerprint density at radius 2 is 1.72 bits per heavy atom. The van der Waals surface area contributed by atoms with Gasteiger partial charge in [0, 0.05) is 4.47 Å². The van der Waals surface area contributed by atoms with Crippen LogP contribution in [0.3, 0.4) is 0 Å². The van der Waals surface area contributed by atoms with Gasteiger partial charge in [0.1, 0.15) is 24.6 Å². The lowest BCUT2D eigenvalue weighted by Gasteiger charge is -2.12. The van der Waals surface area contributed by atoms with Crippen LogP contribution in [-0.4, -0.2) is 34.5 Å². The number of hydrogen-bond donors (Lipinski definition) is 2. The number of nitrogens with one attached hydrogen (secondary N) is 1. The first-order valence-corrected chi connectivity index (χ1v) is 10.5. The Morgan fingerprint density at radius 1 is 1.10 bits per heavy atom. The first kappa shape index (κ1) is 21.5. The number of hydrogen-bond acceptors (Lipinski definition) is 4. The molecule has 10 heteroatoms. The molecule has 0 aromatic heterocycles. The van der Waals surface area contributed by atoms with E-state index in [0.717, 1.165) is 10.0 Å². The lowest BCUT2D eigenvalue weighted by Crippen LogP contribution is -2.35. The number of nitrogens with zero attached hydrogens (tertiary/aromatic N) is 1. The van der Waals surface area contributed by atoms with E-state index in [4.69, 9.17) is 9.84 Å². The molecule has 0 radical (unpaired) electrons. The molecule has 0 spiro atoms. The second kappa shape index (κ2) is 9.10. The van der Waals surface area contributed by atoms with Crippen LogP contribution in [0.25, 0.3) is 6.08 Å². The van der Waals surface area contributed by atoms with E-state index in [9.17, 15) is 14.4 Å². The molecule has 1 fully saturated rings. The van der Waals surface area contributed by atoms with Crippen molar-refractivity contribution in [1.82, 2.24) is 10.2 Å². The molecule has 0 unspecified atom stereocenters. The van der Waals surface area contributed by atoms with Crippen molar-refractivity contribution in [2.75, 3.05) is 6.54 Å². The fraction of sp³-hybridized carbons (Fsp3) is 0.105. The fourth-order valence-electron chi connectivity index (χ4n) is 2.55. The van der Waals surface area contributed by atoms with E-state index >= 15 is 0 Å². The Balaban J connectivity index is 1.77. The minimum Gasteiger partial charge on any atom is -0.487 e. The van der Waals surface area contributed by atoms with Gasteiger partial charge in [0.25, 0.3) is 5.91 Å². The molecule has 0 aliphatic carbocycles. The highest BCUT2D eigenvalue weighted by Crippen LogP contribution is 2.36. The second-order valence-corrected chi connectivity index (χ2v) is 8.63. The van der Waals surface area contributed by atoms with Gasteiger partial charge in [-0.05, 0) is 73.3 Å². The van der Waals surface area contributed by atoms with Crippen LogP contribution < -0.4 is 10.1 Å². The number of imide groups is 1. The number of amides is 3. The lowest BCUT2D eigenvalue weighted by atomic mass is 10.2. The minimum atomic E-state index is -1.27. The monoisotopic (exact) mass is 586 g/mol. The van der Waals surface area contributed by atoms with Gasteiger partial charge in [-0.3, -0.25) is 9.59 Å². The van der Waals surface area contributed by atoms with Crippen molar-refractivity contribution in [1.29, 1.82) is 0 Å². The first-order chi connectivity index (χ1) is 13.7. The SMILES string of the molecule is O=C(O)CN1C(=O)N/C(=C/c2cc(Br)c(OCc3ccc(Br)cc3)c(Br)c2)C1=O. The molecule has 0 bridgehead atoms. The highest BCUT2D eigenvalue weighted by Gasteiger charge is 2.34.